The van der Waals surface area contributed by atoms with Gasteiger partial charge in [0.25, 0.3) is 11.5 Å². The van der Waals surface area contributed by atoms with Gasteiger partial charge in [0, 0.05) is 24.2 Å². The Kier molecular flexibility index (Phi) is 9.72. The average Bonchev–Trinajstić information content (AvgIpc) is 3.60. The average molecular weight is 667 g/mol. The number of thiazole rings is 1. The summed E-state index contributed by atoms with van der Waals surface area (Å²) < 4.78 is 22.7. The van der Waals surface area contributed by atoms with E-state index in [1.165, 1.54) is 30.6 Å². The molecule has 6 rings (SSSR count). The van der Waals surface area contributed by atoms with Gasteiger partial charge in [0.05, 0.1) is 34.6 Å². The fourth-order valence-electron chi connectivity index (χ4n) is 5.35. The van der Waals surface area contributed by atoms with Gasteiger partial charge in [-0.3, -0.25) is 14.2 Å². The van der Waals surface area contributed by atoms with Crippen molar-refractivity contribution in [3.63, 3.8) is 0 Å². The van der Waals surface area contributed by atoms with E-state index in [1.807, 2.05) is 60.8 Å². The monoisotopic (exact) mass is 666 g/mol. The number of allylic oxidation sites excluding steroid dienone is 1. The zero-order chi connectivity index (χ0) is 34.7. The predicted octanol–water partition coefficient (Wildman–Crippen LogP) is 5.79. The first-order chi connectivity index (χ1) is 22.8. The highest BCUT2D eigenvalue weighted by atomic mass is 32.1. The van der Waals surface area contributed by atoms with Crippen molar-refractivity contribution in [2.75, 3.05) is 7.11 Å². The number of hydrogen-bond acceptors (Lipinski definition) is 7. The van der Waals surface area contributed by atoms with Gasteiger partial charge in [-0.1, -0.05) is 74.6 Å². The largest absolute Gasteiger partial charge is 0.481 e. The van der Waals surface area contributed by atoms with Crippen molar-refractivity contribution >= 4 is 29.4 Å². The second-order valence-corrected chi connectivity index (χ2v) is 13.2. The third kappa shape index (κ3) is 7.11. The Labute approximate surface area is 280 Å². The zero-order valence-electron chi connectivity index (χ0n) is 27.4. The SMILES string of the molecule is CC(=O)O.COC(=O)C1=C(C)N=c2s/c(=C/c3cn(-c4ccccc4)nc3-c3ccc(F)cc3)c(=O)n2C1c1ccc(C(C)(C)C)cc1. The van der Waals surface area contributed by atoms with Crippen LogP contribution < -0.4 is 14.9 Å². The summed E-state index contributed by atoms with van der Waals surface area (Å²) >= 11 is 1.24. The number of methoxy groups -OCH3 is 1. The molecular weight excluding hydrogens is 631 g/mol. The molecule has 9 nitrogen and oxygen atoms in total. The maximum Gasteiger partial charge on any atom is 0.338 e. The highest BCUT2D eigenvalue weighted by Gasteiger charge is 2.33. The Bertz CT molecular complexity index is 2190. The van der Waals surface area contributed by atoms with Crippen molar-refractivity contribution in [1.29, 1.82) is 0 Å². The number of carboxylic acid groups (broad SMARTS) is 1. The number of aromatic nitrogens is 3. The van der Waals surface area contributed by atoms with Gasteiger partial charge in [-0.25, -0.2) is 18.9 Å². The molecule has 0 saturated heterocycles. The third-order valence-corrected chi connectivity index (χ3v) is 8.67. The lowest BCUT2D eigenvalue weighted by atomic mass is 9.85. The van der Waals surface area contributed by atoms with Crippen LogP contribution in [0.2, 0.25) is 0 Å². The van der Waals surface area contributed by atoms with Crippen molar-refractivity contribution < 1.29 is 23.8 Å². The molecule has 2 aromatic heterocycles. The lowest BCUT2D eigenvalue weighted by Crippen LogP contribution is -2.39. The molecule has 11 heteroatoms. The number of nitrogens with zero attached hydrogens (tertiary/aromatic N) is 4. The van der Waals surface area contributed by atoms with Crippen LogP contribution in [0.1, 0.15) is 57.4 Å². The van der Waals surface area contributed by atoms with E-state index in [9.17, 15) is 14.0 Å². The Morgan fingerprint density at radius 2 is 1.62 bits per heavy atom. The summed E-state index contributed by atoms with van der Waals surface area (Å²) in [7, 11) is 1.33. The molecule has 3 aromatic carbocycles. The number of carboxylic acids is 1. The molecule has 1 aliphatic rings. The molecular formula is C37H35FN4O5S. The molecule has 0 aliphatic carbocycles. The topological polar surface area (TPSA) is 116 Å². The van der Waals surface area contributed by atoms with Crippen LogP contribution in [0.25, 0.3) is 23.0 Å². The van der Waals surface area contributed by atoms with Crippen LogP contribution in [0, 0.1) is 5.82 Å². The number of halogens is 1. The minimum Gasteiger partial charge on any atom is -0.481 e. The number of hydrogen-bond donors (Lipinski definition) is 1. The Balaban J connectivity index is 0.00000107. The summed E-state index contributed by atoms with van der Waals surface area (Å²) in [6, 6.07) is 23.0. The Morgan fingerprint density at radius 3 is 2.21 bits per heavy atom. The number of carbonyl (C=O) groups is 2. The number of ether oxygens (including phenoxy) is 1. The predicted molar refractivity (Wildman–Crippen MR) is 183 cm³/mol. The van der Waals surface area contributed by atoms with Gasteiger partial charge in [0.1, 0.15) is 11.5 Å². The number of benzene rings is 3. The van der Waals surface area contributed by atoms with E-state index in [1.54, 1.807) is 34.4 Å². The van der Waals surface area contributed by atoms with Crippen LogP contribution in [0.5, 0.6) is 0 Å². The molecule has 1 atom stereocenters. The molecule has 0 saturated carbocycles. The van der Waals surface area contributed by atoms with E-state index < -0.39 is 18.0 Å². The van der Waals surface area contributed by atoms with Gasteiger partial charge in [0.2, 0.25) is 0 Å². The molecule has 0 fully saturated rings. The van der Waals surface area contributed by atoms with E-state index in [-0.39, 0.29) is 16.8 Å². The van der Waals surface area contributed by atoms with Crippen molar-refractivity contribution in [3.8, 4) is 16.9 Å². The van der Waals surface area contributed by atoms with Crippen molar-refractivity contribution in [1.82, 2.24) is 14.3 Å². The number of aliphatic carboxylic acids is 1. The standard InChI is InChI=1S/C35H31FN4O3S.C2H4O2/c1-21-29(33(42)43-5)31(23-11-15-25(16-12-23)35(2,3)4)40-32(41)28(44-34(40)37-21)19-24-20-39(27-9-7-6-8-10-27)38-30(24)22-13-17-26(36)18-14-22;1-2(3)4/h6-20,31H,1-5H3;1H3,(H,3,4)/b28-19+;. The molecule has 0 amide bonds. The van der Waals surface area contributed by atoms with E-state index in [2.05, 4.69) is 25.8 Å². The molecule has 48 heavy (non-hydrogen) atoms. The van der Waals surface area contributed by atoms with Gasteiger partial charge in [-0.05, 0) is 65.9 Å². The van der Waals surface area contributed by atoms with Gasteiger partial charge < -0.3 is 9.84 Å². The molecule has 3 heterocycles. The van der Waals surface area contributed by atoms with Crippen LogP contribution in [-0.2, 0) is 19.7 Å². The highest BCUT2D eigenvalue weighted by Crippen LogP contribution is 2.32. The number of esters is 1. The Hall–Kier alpha value is -5.42. The van der Waals surface area contributed by atoms with E-state index >= 15 is 0 Å². The minimum absolute atomic E-state index is 0.0592. The second kappa shape index (κ2) is 13.7. The van der Waals surface area contributed by atoms with Gasteiger partial charge >= 0.3 is 5.97 Å². The molecule has 0 radical (unpaired) electrons. The summed E-state index contributed by atoms with van der Waals surface area (Å²) in [4.78, 5) is 41.4. The van der Waals surface area contributed by atoms with Gasteiger partial charge in [-0.2, -0.15) is 5.10 Å². The first-order valence-corrected chi connectivity index (χ1v) is 15.9. The first-order valence-electron chi connectivity index (χ1n) is 15.1. The van der Waals surface area contributed by atoms with Crippen molar-refractivity contribution in [2.24, 2.45) is 4.99 Å². The number of carbonyl (C=O) groups excluding carboxylic acids is 1. The lowest BCUT2D eigenvalue weighted by molar-refractivity contribution is -0.137. The number of rotatable bonds is 5. The molecule has 5 aromatic rings. The zero-order valence-corrected chi connectivity index (χ0v) is 28.2. The molecule has 246 valence electrons. The van der Waals surface area contributed by atoms with Crippen LogP contribution in [-0.4, -0.2) is 38.5 Å². The summed E-state index contributed by atoms with van der Waals surface area (Å²) in [6.45, 7) is 9.25. The fourth-order valence-corrected chi connectivity index (χ4v) is 6.39. The van der Waals surface area contributed by atoms with Gasteiger partial charge in [-0.15, -0.1) is 0 Å². The van der Waals surface area contributed by atoms with Crippen LogP contribution in [0.3, 0.4) is 0 Å². The summed E-state index contributed by atoms with van der Waals surface area (Å²) in [5.74, 6) is -1.72. The first kappa shape index (κ1) is 33.9. The lowest BCUT2D eigenvalue weighted by Gasteiger charge is -2.25. The minimum atomic E-state index is -0.833. The maximum atomic E-state index is 14.2. The van der Waals surface area contributed by atoms with Gasteiger partial charge in [0.15, 0.2) is 4.80 Å². The van der Waals surface area contributed by atoms with E-state index in [0.717, 1.165) is 23.7 Å². The van der Waals surface area contributed by atoms with Crippen LogP contribution in [0.15, 0.2) is 106 Å². The third-order valence-electron chi connectivity index (χ3n) is 7.69. The smallest absolute Gasteiger partial charge is 0.338 e. The highest BCUT2D eigenvalue weighted by molar-refractivity contribution is 7.07. The van der Waals surface area contributed by atoms with Crippen molar-refractivity contribution in [2.45, 2.75) is 46.1 Å². The normalized spacial score (nSPS) is 14.5. The van der Waals surface area contributed by atoms with Crippen LogP contribution in [0.4, 0.5) is 4.39 Å². The Morgan fingerprint density at radius 1 is 1.00 bits per heavy atom. The quantitative estimate of drug-likeness (QED) is 0.238. The second-order valence-electron chi connectivity index (χ2n) is 12.2. The van der Waals surface area contributed by atoms with Crippen molar-refractivity contribution in [3.05, 3.63) is 139 Å². The van der Waals surface area contributed by atoms with E-state index in [0.29, 0.717) is 37.4 Å². The molecule has 1 N–H and O–H groups in total. The number of para-hydroxylation sites is 1. The summed E-state index contributed by atoms with van der Waals surface area (Å²) in [6.07, 6.45) is 3.63. The molecule has 1 unspecified atom stereocenters. The molecule has 0 bridgehead atoms. The maximum absolute atomic E-state index is 14.2. The van der Waals surface area contributed by atoms with Crippen LogP contribution >= 0.6 is 11.3 Å². The summed E-state index contributed by atoms with van der Waals surface area (Å²) in [5, 5.41) is 12.2. The summed E-state index contributed by atoms with van der Waals surface area (Å²) in [5.41, 5.74) is 5.22. The molecule has 1 aliphatic heterocycles. The number of fused-ring (bicyclic) bond motifs is 1. The molecule has 0 spiro atoms. The van der Waals surface area contributed by atoms with E-state index in [4.69, 9.17) is 19.7 Å². The fraction of sp³-hybridized carbons (Fsp3) is 0.216.